The number of piperazine rings is 1. The minimum Gasteiger partial charge on any atom is -0.340 e. The van der Waals surface area contributed by atoms with Gasteiger partial charge in [-0.2, -0.15) is 0 Å². The molecular formula is C24H29N3O3. The lowest BCUT2D eigenvalue weighted by Gasteiger charge is -2.38. The summed E-state index contributed by atoms with van der Waals surface area (Å²) in [5.41, 5.74) is 1.29. The minimum absolute atomic E-state index is 0.0472. The van der Waals surface area contributed by atoms with Crippen LogP contribution in [0.1, 0.15) is 24.8 Å². The van der Waals surface area contributed by atoms with Crippen molar-refractivity contribution in [2.75, 3.05) is 32.7 Å². The molecule has 6 heteroatoms. The van der Waals surface area contributed by atoms with Gasteiger partial charge in [-0.05, 0) is 30.2 Å². The minimum atomic E-state index is -0.183. The quantitative estimate of drug-likeness (QED) is 0.553. The summed E-state index contributed by atoms with van der Waals surface area (Å²) < 4.78 is 0. The highest BCUT2D eigenvalue weighted by atomic mass is 16.2. The van der Waals surface area contributed by atoms with E-state index in [4.69, 9.17) is 0 Å². The molecule has 5 aliphatic rings. The zero-order valence-corrected chi connectivity index (χ0v) is 17.3. The monoisotopic (exact) mass is 407 g/mol. The average molecular weight is 408 g/mol. The van der Waals surface area contributed by atoms with Gasteiger partial charge in [0, 0.05) is 45.7 Å². The second kappa shape index (κ2) is 7.99. The Morgan fingerprint density at radius 1 is 0.867 bits per heavy atom. The number of benzene rings is 1. The van der Waals surface area contributed by atoms with Crippen LogP contribution in [0.25, 0.3) is 0 Å². The largest absolute Gasteiger partial charge is 0.340 e. The summed E-state index contributed by atoms with van der Waals surface area (Å²) in [5.74, 6) is -0.0135. The highest BCUT2D eigenvalue weighted by Crippen LogP contribution is 2.49. The molecule has 0 radical (unpaired) electrons. The first-order valence-corrected chi connectivity index (χ1v) is 11.2. The van der Waals surface area contributed by atoms with E-state index in [1.165, 1.54) is 10.5 Å². The van der Waals surface area contributed by atoms with E-state index in [1.807, 2.05) is 23.1 Å². The fourth-order valence-corrected chi connectivity index (χ4v) is 5.72. The Bertz CT molecular complexity index is 828. The number of amides is 3. The van der Waals surface area contributed by atoms with E-state index in [2.05, 4.69) is 29.2 Å². The summed E-state index contributed by atoms with van der Waals surface area (Å²) in [6.45, 7) is 4.23. The van der Waals surface area contributed by atoms with E-state index in [1.54, 1.807) is 0 Å². The van der Waals surface area contributed by atoms with Crippen molar-refractivity contribution in [3.05, 3.63) is 48.0 Å². The van der Waals surface area contributed by atoms with Gasteiger partial charge in [-0.25, -0.2) is 0 Å². The van der Waals surface area contributed by atoms with Crippen LogP contribution in [0.15, 0.2) is 42.5 Å². The van der Waals surface area contributed by atoms with Crippen molar-refractivity contribution in [2.45, 2.75) is 25.8 Å². The van der Waals surface area contributed by atoms with Crippen LogP contribution in [0, 0.1) is 23.7 Å². The van der Waals surface area contributed by atoms with Crippen molar-refractivity contribution in [3.63, 3.8) is 0 Å². The van der Waals surface area contributed by atoms with E-state index in [9.17, 15) is 14.4 Å². The summed E-state index contributed by atoms with van der Waals surface area (Å²) in [6, 6.07) is 10.4. The molecule has 3 amide bonds. The van der Waals surface area contributed by atoms with Gasteiger partial charge in [0.15, 0.2) is 0 Å². The van der Waals surface area contributed by atoms with Crippen LogP contribution >= 0.6 is 0 Å². The van der Waals surface area contributed by atoms with Gasteiger partial charge in [-0.3, -0.25) is 24.2 Å². The van der Waals surface area contributed by atoms with Crippen LogP contribution in [0.2, 0.25) is 0 Å². The lowest BCUT2D eigenvalue weighted by atomic mass is 9.63. The Balaban J connectivity index is 1.12. The molecule has 4 unspecified atom stereocenters. The van der Waals surface area contributed by atoms with Gasteiger partial charge in [0.2, 0.25) is 17.7 Å². The molecule has 30 heavy (non-hydrogen) atoms. The second-order valence-electron chi connectivity index (χ2n) is 9.06. The zero-order chi connectivity index (χ0) is 20.7. The highest BCUT2D eigenvalue weighted by molar-refractivity contribution is 6.06. The maximum atomic E-state index is 12.9. The molecule has 1 saturated carbocycles. The van der Waals surface area contributed by atoms with Crippen molar-refractivity contribution in [3.8, 4) is 0 Å². The second-order valence-corrected chi connectivity index (χ2v) is 9.06. The molecule has 1 aromatic carbocycles. The Labute approximate surface area is 177 Å². The molecule has 2 heterocycles. The van der Waals surface area contributed by atoms with Crippen molar-refractivity contribution in [1.82, 2.24) is 14.7 Å². The van der Waals surface area contributed by atoms with Crippen molar-refractivity contribution >= 4 is 17.7 Å². The van der Waals surface area contributed by atoms with Gasteiger partial charge in [0.05, 0.1) is 11.8 Å². The number of fused-ring (bicyclic) bond motifs is 1. The predicted molar refractivity (Wildman–Crippen MR) is 112 cm³/mol. The number of carbonyl (C=O) groups excluding carboxylic acids is 3. The SMILES string of the molecule is O=C(CCN1C(=O)C2C3C=CC(CC3)C2C1=O)N1CCN(Cc2ccccc2)CC1. The molecule has 6 rings (SSSR count). The molecule has 0 N–H and O–H groups in total. The summed E-state index contributed by atoms with van der Waals surface area (Å²) in [4.78, 5) is 44.1. The lowest BCUT2D eigenvalue weighted by molar-refractivity contribution is -0.141. The Kier molecular flexibility index (Phi) is 5.19. The summed E-state index contributed by atoms with van der Waals surface area (Å²) in [5, 5.41) is 0. The molecule has 2 saturated heterocycles. The van der Waals surface area contributed by atoms with Gasteiger partial charge >= 0.3 is 0 Å². The molecule has 6 nitrogen and oxygen atoms in total. The predicted octanol–water partition coefficient (Wildman–Crippen LogP) is 1.92. The Morgan fingerprint density at radius 2 is 1.47 bits per heavy atom. The van der Waals surface area contributed by atoms with Crippen molar-refractivity contribution in [2.24, 2.45) is 23.7 Å². The van der Waals surface area contributed by atoms with Crippen LogP contribution in [-0.4, -0.2) is 65.1 Å². The zero-order valence-electron chi connectivity index (χ0n) is 17.3. The van der Waals surface area contributed by atoms with Gasteiger partial charge in [-0.15, -0.1) is 0 Å². The van der Waals surface area contributed by atoms with Gasteiger partial charge in [-0.1, -0.05) is 42.5 Å². The van der Waals surface area contributed by atoms with E-state index < -0.39 is 0 Å². The fraction of sp³-hybridized carbons (Fsp3) is 0.542. The normalized spacial score (nSPS) is 30.8. The number of imide groups is 1. The van der Waals surface area contributed by atoms with E-state index in [0.29, 0.717) is 13.1 Å². The maximum absolute atomic E-state index is 12.9. The first-order chi connectivity index (χ1) is 14.6. The van der Waals surface area contributed by atoms with Crippen LogP contribution in [0.3, 0.4) is 0 Å². The van der Waals surface area contributed by atoms with E-state index in [0.717, 1.165) is 32.5 Å². The number of hydrogen-bond donors (Lipinski definition) is 0. The third kappa shape index (κ3) is 3.47. The van der Waals surface area contributed by atoms with Gasteiger partial charge < -0.3 is 4.90 Å². The molecule has 2 aliphatic heterocycles. The average Bonchev–Trinajstić information content (AvgIpc) is 3.06. The number of rotatable bonds is 5. The van der Waals surface area contributed by atoms with Crippen LogP contribution < -0.4 is 0 Å². The molecule has 0 aromatic heterocycles. The topological polar surface area (TPSA) is 60.9 Å². The van der Waals surface area contributed by atoms with Crippen molar-refractivity contribution in [1.29, 1.82) is 0 Å². The number of nitrogens with zero attached hydrogens (tertiary/aromatic N) is 3. The first kappa shape index (κ1) is 19.5. The molecule has 1 aromatic rings. The maximum Gasteiger partial charge on any atom is 0.233 e. The number of carbonyl (C=O) groups is 3. The molecular weight excluding hydrogens is 378 g/mol. The Hall–Kier alpha value is -2.47. The smallest absolute Gasteiger partial charge is 0.233 e. The van der Waals surface area contributed by atoms with Crippen LogP contribution in [0.5, 0.6) is 0 Å². The van der Waals surface area contributed by atoms with Gasteiger partial charge in [0.1, 0.15) is 0 Å². The summed E-state index contributed by atoms with van der Waals surface area (Å²) >= 11 is 0. The van der Waals surface area contributed by atoms with Crippen LogP contribution in [0.4, 0.5) is 0 Å². The molecule has 3 fully saturated rings. The standard InChI is InChI=1S/C24H29N3O3/c28-20(26-14-12-25(13-15-26)16-17-4-2-1-3-5-17)10-11-27-23(29)21-18-6-7-19(9-8-18)22(21)24(27)30/h1-7,18-19,21-22H,8-16H2. The van der Waals surface area contributed by atoms with E-state index in [-0.39, 0.29) is 54.4 Å². The lowest BCUT2D eigenvalue weighted by Crippen LogP contribution is -2.49. The summed E-state index contributed by atoms with van der Waals surface area (Å²) in [6.07, 6.45) is 6.50. The molecule has 0 spiro atoms. The van der Waals surface area contributed by atoms with Crippen molar-refractivity contribution < 1.29 is 14.4 Å². The molecule has 4 atom stereocenters. The number of likely N-dealkylation sites (tertiary alicyclic amines) is 1. The third-order valence-corrected chi connectivity index (χ3v) is 7.37. The first-order valence-electron chi connectivity index (χ1n) is 11.2. The fourth-order valence-electron chi connectivity index (χ4n) is 5.72. The molecule has 3 aliphatic carbocycles. The highest BCUT2D eigenvalue weighted by Gasteiger charge is 2.56. The third-order valence-electron chi connectivity index (χ3n) is 7.37. The van der Waals surface area contributed by atoms with Crippen LogP contribution in [-0.2, 0) is 20.9 Å². The molecule has 2 bridgehead atoms. The molecule has 158 valence electrons. The summed E-state index contributed by atoms with van der Waals surface area (Å²) in [7, 11) is 0. The van der Waals surface area contributed by atoms with E-state index >= 15 is 0 Å². The Morgan fingerprint density at radius 3 is 2.03 bits per heavy atom. The number of hydrogen-bond acceptors (Lipinski definition) is 4. The van der Waals surface area contributed by atoms with Gasteiger partial charge in [0.25, 0.3) is 0 Å². The number of allylic oxidation sites excluding steroid dienone is 2.